The Balaban J connectivity index is 1.99. The predicted molar refractivity (Wildman–Crippen MR) is 164 cm³/mol. The lowest BCUT2D eigenvalue weighted by atomic mass is 10.1. The van der Waals surface area contributed by atoms with Crippen molar-refractivity contribution in [2.45, 2.75) is 51.5 Å². The molecule has 3 aromatic carbocycles. The summed E-state index contributed by atoms with van der Waals surface area (Å²) < 4.78 is 29.7. The van der Waals surface area contributed by atoms with E-state index in [-0.39, 0.29) is 23.3 Å². The summed E-state index contributed by atoms with van der Waals surface area (Å²) in [6.45, 7) is 8.07. The fourth-order valence-corrected chi connectivity index (χ4v) is 5.97. The van der Waals surface area contributed by atoms with Gasteiger partial charge in [0.2, 0.25) is 11.8 Å². The van der Waals surface area contributed by atoms with Crippen LogP contribution in [-0.4, -0.2) is 50.8 Å². The predicted octanol–water partition coefficient (Wildman–Crippen LogP) is 5.57. The van der Waals surface area contributed by atoms with Crippen molar-refractivity contribution >= 4 is 43.5 Å². The maximum Gasteiger partial charge on any atom is 0.264 e. The molecule has 214 valence electrons. The van der Waals surface area contributed by atoms with Gasteiger partial charge in [-0.15, -0.1) is 0 Å². The summed E-state index contributed by atoms with van der Waals surface area (Å²) >= 11 is 3.40. The maximum atomic E-state index is 14.0. The summed E-state index contributed by atoms with van der Waals surface area (Å²) in [5.74, 6) is -0.433. The molecule has 1 N–H and O–H groups in total. The van der Waals surface area contributed by atoms with Gasteiger partial charge in [0.05, 0.1) is 10.6 Å². The lowest BCUT2D eigenvalue weighted by molar-refractivity contribution is -0.139. The number of amides is 2. The molecule has 0 saturated heterocycles. The number of carbonyl (C=O) groups excluding carboxylic acids is 2. The van der Waals surface area contributed by atoms with Crippen LogP contribution in [0.5, 0.6) is 0 Å². The van der Waals surface area contributed by atoms with Gasteiger partial charge in [0.15, 0.2) is 0 Å². The Morgan fingerprint density at radius 1 is 0.925 bits per heavy atom. The van der Waals surface area contributed by atoms with E-state index in [1.807, 2.05) is 58.0 Å². The highest BCUT2D eigenvalue weighted by Crippen LogP contribution is 2.26. The number of nitrogens with zero attached hydrogens (tertiary/aromatic N) is 2. The molecule has 7 nitrogen and oxygen atoms in total. The molecular formula is C31H38BrN3O4S. The molecule has 0 aliphatic heterocycles. The standard InChI is InChI=1S/C31H38BrN3O4S/c1-5-29(31(37)33-21-23(2)3)34(20-19-25-9-7-6-8-10-25)30(36)22-35(27-15-13-26(32)14-16-27)40(38,39)28-17-11-24(4)12-18-28/h6-18,23,29H,5,19-22H2,1-4H3,(H,33,37)/t29-/m0/s1. The summed E-state index contributed by atoms with van der Waals surface area (Å²) in [6.07, 6.45) is 0.928. The van der Waals surface area contributed by atoms with E-state index in [0.717, 1.165) is 19.9 Å². The number of benzene rings is 3. The molecule has 0 aromatic heterocycles. The lowest BCUT2D eigenvalue weighted by Gasteiger charge is -2.33. The van der Waals surface area contributed by atoms with Crippen molar-refractivity contribution in [1.82, 2.24) is 10.2 Å². The monoisotopic (exact) mass is 627 g/mol. The van der Waals surface area contributed by atoms with Gasteiger partial charge in [-0.25, -0.2) is 8.42 Å². The summed E-state index contributed by atoms with van der Waals surface area (Å²) in [5.41, 5.74) is 2.31. The van der Waals surface area contributed by atoms with Crippen LogP contribution in [0, 0.1) is 12.8 Å². The molecule has 0 unspecified atom stereocenters. The molecule has 3 rings (SSSR count). The third kappa shape index (κ3) is 8.41. The summed E-state index contributed by atoms with van der Waals surface area (Å²) in [6, 6.07) is 22.3. The van der Waals surface area contributed by atoms with Gasteiger partial charge in [0.1, 0.15) is 12.6 Å². The summed E-state index contributed by atoms with van der Waals surface area (Å²) in [5, 5.41) is 2.95. The van der Waals surface area contributed by atoms with Crippen molar-refractivity contribution in [1.29, 1.82) is 0 Å². The Bertz CT molecular complexity index is 1360. The molecule has 0 bridgehead atoms. The number of rotatable bonds is 13. The smallest absolute Gasteiger partial charge is 0.264 e. The fourth-order valence-electron chi connectivity index (χ4n) is 4.29. The Labute approximate surface area is 246 Å². The summed E-state index contributed by atoms with van der Waals surface area (Å²) in [4.78, 5) is 28.9. The molecule has 9 heteroatoms. The number of hydrogen-bond acceptors (Lipinski definition) is 4. The Hall–Kier alpha value is -3.17. The van der Waals surface area contributed by atoms with Gasteiger partial charge in [-0.1, -0.05) is 84.7 Å². The van der Waals surface area contributed by atoms with E-state index in [9.17, 15) is 18.0 Å². The van der Waals surface area contributed by atoms with Gasteiger partial charge in [-0.2, -0.15) is 0 Å². The molecule has 0 fully saturated rings. The van der Waals surface area contributed by atoms with E-state index >= 15 is 0 Å². The van der Waals surface area contributed by atoms with Crippen molar-refractivity contribution < 1.29 is 18.0 Å². The first kappa shape index (κ1) is 31.4. The zero-order valence-corrected chi connectivity index (χ0v) is 25.9. The van der Waals surface area contributed by atoms with Gasteiger partial charge in [-0.05, 0) is 67.6 Å². The number of nitrogens with one attached hydrogen (secondary N) is 1. The van der Waals surface area contributed by atoms with Gasteiger partial charge < -0.3 is 10.2 Å². The Kier molecular flexibility index (Phi) is 11.3. The van der Waals surface area contributed by atoms with Crippen molar-refractivity contribution in [3.63, 3.8) is 0 Å². The molecule has 0 spiro atoms. The molecule has 0 radical (unpaired) electrons. The van der Waals surface area contributed by atoms with Crippen LogP contribution in [0.4, 0.5) is 5.69 Å². The summed E-state index contributed by atoms with van der Waals surface area (Å²) in [7, 11) is -4.08. The minimum Gasteiger partial charge on any atom is -0.354 e. The van der Waals surface area contributed by atoms with Crippen LogP contribution < -0.4 is 9.62 Å². The van der Waals surface area contributed by atoms with Crippen molar-refractivity contribution in [2.24, 2.45) is 5.92 Å². The zero-order valence-electron chi connectivity index (χ0n) is 23.5. The first-order valence-electron chi connectivity index (χ1n) is 13.5. The highest BCUT2D eigenvalue weighted by atomic mass is 79.9. The highest BCUT2D eigenvalue weighted by molar-refractivity contribution is 9.10. The molecule has 0 heterocycles. The largest absolute Gasteiger partial charge is 0.354 e. The van der Waals surface area contributed by atoms with Crippen molar-refractivity contribution in [3.8, 4) is 0 Å². The van der Waals surface area contributed by atoms with Gasteiger partial charge in [-0.3, -0.25) is 13.9 Å². The minimum absolute atomic E-state index is 0.0892. The second-order valence-corrected chi connectivity index (χ2v) is 13.0. The number of carbonyl (C=O) groups is 2. The molecule has 1 atom stereocenters. The van der Waals surface area contributed by atoms with Crippen LogP contribution in [0.3, 0.4) is 0 Å². The number of hydrogen-bond donors (Lipinski definition) is 1. The molecule has 0 saturated carbocycles. The van der Waals surface area contributed by atoms with Crippen LogP contribution >= 0.6 is 15.9 Å². The van der Waals surface area contributed by atoms with Crippen molar-refractivity contribution in [2.75, 3.05) is 23.9 Å². The van der Waals surface area contributed by atoms with Crippen LogP contribution in [-0.2, 0) is 26.0 Å². The van der Waals surface area contributed by atoms with E-state index < -0.39 is 28.5 Å². The topological polar surface area (TPSA) is 86.8 Å². The Morgan fingerprint density at radius 2 is 1.55 bits per heavy atom. The van der Waals surface area contributed by atoms with Crippen LogP contribution in [0.25, 0.3) is 0 Å². The number of sulfonamides is 1. The molecule has 0 aliphatic carbocycles. The second-order valence-electron chi connectivity index (χ2n) is 10.2. The van der Waals surface area contributed by atoms with Crippen LogP contribution in [0.1, 0.15) is 38.3 Å². The number of aryl methyl sites for hydroxylation is 1. The molecule has 3 aromatic rings. The quantitative estimate of drug-likeness (QED) is 0.268. The first-order valence-corrected chi connectivity index (χ1v) is 15.7. The van der Waals surface area contributed by atoms with E-state index in [0.29, 0.717) is 25.1 Å². The van der Waals surface area contributed by atoms with Gasteiger partial charge in [0, 0.05) is 17.6 Å². The average Bonchev–Trinajstić information content (AvgIpc) is 2.93. The van der Waals surface area contributed by atoms with Crippen LogP contribution in [0.2, 0.25) is 0 Å². The molecular weight excluding hydrogens is 590 g/mol. The van der Waals surface area contributed by atoms with E-state index in [2.05, 4.69) is 21.2 Å². The van der Waals surface area contributed by atoms with Crippen LogP contribution in [0.15, 0.2) is 88.2 Å². The first-order chi connectivity index (χ1) is 19.0. The third-order valence-corrected chi connectivity index (χ3v) is 8.87. The van der Waals surface area contributed by atoms with Gasteiger partial charge >= 0.3 is 0 Å². The maximum absolute atomic E-state index is 14.0. The minimum atomic E-state index is -4.08. The van der Waals surface area contributed by atoms with Gasteiger partial charge in [0.25, 0.3) is 10.0 Å². The SMILES string of the molecule is CC[C@@H](C(=O)NCC(C)C)N(CCc1ccccc1)C(=O)CN(c1ccc(Br)cc1)S(=O)(=O)c1ccc(C)cc1. The highest BCUT2D eigenvalue weighted by Gasteiger charge is 2.33. The lowest BCUT2D eigenvalue weighted by Crippen LogP contribution is -2.53. The van der Waals surface area contributed by atoms with E-state index in [1.54, 1.807) is 48.5 Å². The normalized spacial score (nSPS) is 12.2. The number of anilines is 1. The van der Waals surface area contributed by atoms with Crippen molar-refractivity contribution in [3.05, 3.63) is 94.5 Å². The fraction of sp³-hybridized carbons (Fsp3) is 0.355. The van der Waals surface area contributed by atoms with E-state index in [1.165, 1.54) is 4.90 Å². The average molecular weight is 629 g/mol. The third-order valence-electron chi connectivity index (χ3n) is 6.56. The molecule has 0 aliphatic rings. The zero-order chi connectivity index (χ0) is 29.3. The second kappa shape index (κ2) is 14.5. The molecule has 40 heavy (non-hydrogen) atoms. The number of halogens is 1. The Morgan fingerprint density at radius 3 is 2.12 bits per heavy atom. The van der Waals surface area contributed by atoms with E-state index in [4.69, 9.17) is 0 Å². The molecule has 2 amide bonds.